The summed E-state index contributed by atoms with van der Waals surface area (Å²) >= 11 is 1.83. The normalized spacial score (nSPS) is 31.5. The molecule has 4 aliphatic rings. The molecule has 5 heteroatoms. The zero-order valence-corrected chi connectivity index (χ0v) is 14.0. The summed E-state index contributed by atoms with van der Waals surface area (Å²) in [4.78, 5) is 15.7. The smallest absolute Gasteiger partial charge is 0.142 e. The number of aryl methyl sites for hydroxylation is 2. The zero-order chi connectivity index (χ0) is 15.0. The van der Waals surface area contributed by atoms with Gasteiger partial charge in [0.2, 0.25) is 0 Å². The third-order valence-electron chi connectivity index (χ3n) is 5.36. The molecule has 22 heavy (non-hydrogen) atoms. The summed E-state index contributed by atoms with van der Waals surface area (Å²) in [7, 11) is 2.13. The van der Waals surface area contributed by atoms with E-state index >= 15 is 0 Å². The minimum atomic E-state index is 0.303. The molecule has 3 aliphatic heterocycles. The summed E-state index contributed by atoms with van der Waals surface area (Å²) in [5.41, 5.74) is 3.83. The second kappa shape index (κ2) is 4.28. The number of likely N-dealkylation sites (tertiary alicyclic amines) is 1. The maximum absolute atomic E-state index is 4.79. The molecule has 1 saturated carbocycles. The largest absolute Gasteiger partial charge is 0.355 e. The van der Waals surface area contributed by atoms with Crippen LogP contribution in [0.1, 0.15) is 29.3 Å². The van der Waals surface area contributed by atoms with E-state index in [9.17, 15) is 0 Å². The molecule has 4 heterocycles. The molecule has 0 amide bonds. The average molecular weight is 312 g/mol. The molecule has 114 valence electrons. The quantitative estimate of drug-likeness (QED) is 0.798. The third-order valence-corrected chi connectivity index (χ3v) is 6.49. The molecule has 0 bridgehead atoms. The molecule has 0 radical (unpaired) electrons. The second-order valence-electron chi connectivity index (χ2n) is 7.06. The molecule has 1 aliphatic carbocycles. The number of piperidine rings is 1. The van der Waals surface area contributed by atoms with Gasteiger partial charge in [0.05, 0.1) is 17.3 Å². The van der Waals surface area contributed by atoms with E-state index in [1.165, 1.54) is 46.4 Å². The lowest BCUT2D eigenvalue weighted by Gasteiger charge is -2.32. The first kappa shape index (κ1) is 13.0. The van der Waals surface area contributed by atoms with Gasteiger partial charge in [-0.05, 0) is 43.7 Å². The Morgan fingerprint density at radius 2 is 2.00 bits per heavy atom. The molecule has 0 N–H and O–H groups in total. The number of rotatable bonds is 1. The van der Waals surface area contributed by atoms with Crippen LogP contribution in [-0.2, 0) is 0 Å². The summed E-state index contributed by atoms with van der Waals surface area (Å²) < 4.78 is 0. The Bertz CT molecular complexity index is 728. The van der Waals surface area contributed by atoms with Crippen LogP contribution in [0.25, 0.3) is 0 Å². The minimum Gasteiger partial charge on any atom is -0.355 e. The summed E-state index contributed by atoms with van der Waals surface area (Å²) in [6, 6.07) is 2.50. The first-order chi connectivity index (χ1) is 10.6. The van der Waals surface area contributed by atoms with Gasteiger partial charge in [-0.15, -0.1) is 0 Å². The number of thioether (sulfide) groups is 1. The second-order valence-corrected chi connectivity index (χ2v) is 8.09. The van der Waals surface area contributed by atoms with Crippen molar-refractivity contribution in [3.05, 3.63) is 33.6 Å². The molecular formula is C17H20N4S. The van der Waals surface area contributed by atoms with Gasteiger partial charge in [-0.2, -0.15) is 0 Å². The molecule has 0 spiro atoms. The van der Waals surface area contributed by atoms with Crippen molar-refractivity contribution < 1.29 is 0 Å². The number of aliphatic imine (C=N–C) groups is 1. The highest BCUT2D eigenvalue weighted by Gasteiger charge is 2.48. The number of hydrogen-bond acceptors (Lipinski definition) is 5. The number of likely N-dealkylation sites (N-methyl/N-ethyl adjacent to an activating group) is 1. The maximum atomic E-state index is 4.79. The molecule has 3 unspecified atom stereocenters. The van der Waals surface area contributed by atoms with Crippen molar-refractivity contribution in [3.8, 4) is 0 Å². The Morgan fingerprint density at radius 1 is 1.23 bits per heavy atom. The fourth-order valence-electron chi connectivity index (χ4n) is 4.16. The van der Waals surface area contributed by atoms with E-state index in [4.69, 9.17) is 9.98 Å². The van der Waals surface area contributed by atoms with Crippen molar-refractivity contribution in [2.24, 2.45) is 16.8 Å². The summed E-state index contributed by atoms with van der Waals surface area (Å²) in [5, 5.41) is 1.18. The average Bonchev–Trinajstić information content (AvgIpc) is 2.91. The van der Waals surface area contributed by atoms with Crippen molar-refractivity contribution in [1.29, 1.82) is 0 Å². The van der Waals surface area contributed by atoms with E-state index in [1.807, 2.05) is 18.1 Å². The summed E-state index contributed by atoms with van der Waals surface area (Å²) in [6.45, 7) is 6.68. The van der Waals surface area contributed by atoms with E-state index in [0.29, 0.717) is 6.04 Å². The molecular weight excluding hydrogens is 292 g/mol. The molecule has 1 saturated heterocycles. The monoisotopic (exact) mass is 312 g/mol. The topological polar surface area (TPSA) is 31.7 Å². The summed E-state index contributed by atoms with van der Waals surface area (Å²) in [5.74, 6) is 3.06. The molecule has 4 nitrogen and oxygen atoms in total. The van der Waals surface area contributed by atoms with E-state index in [1.54, 1.807) is 0 Å². The van der Waals surface area contributed by atoms with Gasteiger partial charge < -0.3 is 9.80 Å². The Kier molecular flexibility index (Phi) is 2.53. The first-order valence-corrected chi connectivity index (χ1v) is 8.84. The van der Waals surface area contributed by atoms with E-state index in [2.05, 4.69) is 36.8 Å². The molecule has 5 rings (SSSR count). The highest BCUT2D eigenvalue weighted by Crippen LogP contribution is 2.54. The van der Waals surface area contributed by atoms with Crippen LogP contribution in [0.3, 0.4) is 0 Å². The Morgan fingerprint density at radius 3 is 2.77 bits per heavy atom. The van der Waals surface area contributed by atoms with Gasteiger partial charge in [-0.25, -0.2) is 9.98 Å². The van der Waals surface area contributed by atoms with Crippen molar-refractivity contribution in [2.45, 2.75) is 31.3 Å². The predicted octanol–water partition coefficient (Wildman–Crippen LogP) is 2.94. The van der Waals surface area contributed by atoms with E-state index in [-0.39, 0.29) is 0 Å². The number of hydrogen-bond donors (Lipinski definition) is 0. The van der Waals surface area contributed by atoms with Crippen LogP contribution < -0.4 is 0 Å². The van der Waals surface area contributed by atoms with Crippen molar-refractivity contribution in [3.63, 3.8) is 0 Å². The van der Waals surface area contributed by atoms with Gasteiger partial charge in [0.25, 0.3) is 0 Å². The summed E-state index contributed by atoms with van der Waals surface area (Å²) in [6.07, 6.45) is 3.43. The van der Waals surface area contributed by atoms with Crippen LogP contribution >= 0.6 is 11.8 Å². The SMILES string of the molecule is Cc1cc(C)c2c(n1)SC1=C(N3CC4CC4C3)N=CN(C)C12. The lowest BCUT2D eigenvalue weighted by atomic mass is 10.0. The van der Waals surface area contributed by atoms with Gasteiger partial charge >= 0.3 is 0 Å². The van der Waals surface area contributed by atoms with Crippen LogP contribution in [0.5, 0.6) is 0 Å². The fourth-order valence-corrected chi connectivity index (χ4v) is 5.60. The van der Waals surface area contributed by atoms with E-state index in [0.717, 1.165) is 17.5 Å². The van der Waals surface area contributed by atoms with Gasteiger partial charge in [0, 0.05) is 31.4 Å². The third kappa shape index (κ3) is 1.72. The maximum Gasteiger partial charge on any atom is 0.142 e. The van der Waals surface area contributed by atoms with Crippen LogP contribution in [0.4, 0.5) is 0 Å². The Labute approximate surface area is 135 Å². The van der Waals surface area contributed by atoms with Crippen molar-refractivity contribution in [1.82, 2.24) is 14.8 Å². The fraction of sp³-hybridized carbons (Fsp3) is 0.529. The molecule has 0 aromatic carbocycles. The van der Waals surface area contributed by atoms with Gasteiger partial charge in [0.1, 0.15) is 10.8 Å². The van der Waals surface area contributed by atoms with E-state index < -0.39 is 0 Å². The zero-order valence-electron chi connectivity index (χ0n) is 13.2. The van der Waals surface area contributed by atoms with Crippen LogP contribution in [0, 0.1) is 25.7 Å². The minimum absolute atomic E-state index is 0.303. The molecule has 3 atom stereocenters. The molecule has 1 aromatic heterocycles. The molecule has 2 fully saturated rings. The highest BCUT2D eigenvalue weighted by molar-refractivity contribution is 8.03. The standard InChI is InChI=1S/C17H20N4S/c1-9-4-10(2)19-17-13(9)14-15(22-17)16(18-8-20(14)3)21-6-11-5-12(11)7-21/h4,8,11-12,14H,5-7H2,1-3H3. The van der Waals surface area contributed by atoms with Gasteiger partial charge in [0.15, 0.2) is 0 Å². The Hall–Kier alpha value is -1.49. The van der Waals surface area contributed by atoms with Crippen LogP contribution in [0.15, 0.2) is 26.8 Å². The predicted molar refractivity (Wildman–Crippen MR) is 88.8 cm³/mol. The van der Waals surface area contributed by atoms with Gasteiger partial charge in [-0.1, -0.05) is 11.8 Å². The van der Waals surface area contributed by atoms with Gasteiger partial charge in [-0.3, -0.25) is 0 Å². The number of fused-ring (bicyclic) bond motifs is 4. The number of aromatic nitrogens is 1. The lowest BCUT2D eigenvalue weighted by molar-refractivity contribution is 0.350. The number of pyridine rings is 1. The van der Waals surface area contributed by atoms with Crippen LogP contribution in [-0.4, -0.2) is 41.3 Å². The number of nitrogens with zero attached hydrogens (tertiary/aromatic N) is 4. The Balaban J connectivity index is 1.61. The van der Waals surface area contributed by atoms with Crippen LogP contribution in [0.2, 0.25) is 0 Å². The highest BCUT2D eigenvalue weighted by atomic mass is 32.2. The van der Waals surface area contributed by atoms with Crippen molar-refractivity contribution >= 4 is 18.1 Å². The van der Waals surface area contributed by atoms with Crippen molar-refractivity contribution in [2.75, 3.05) is 20.1 Å². The first-order valence-electron chi connectivity index (χ1n) is 8.03. The lowest BCUT2D eigenvalue weighted by Crippen LogP contribution is -2.31. The molecule has 1 aromatic rings.